The Bertz CT molecular complexity index is 1180. The van der Waals surface area contributed by atoms with Crippen molar-refractivity contribution in [1.82, 2.24) is 9.55 Å². The zero-order chi connectivity index (χ0) is 23.3. The van der Waals surface area contributed by atoms with Crippen LogP contribution in [0.2, 0.25) is 0 Å². The average Bonchev–Trinajstić information content (AvgIpc) is 2.78. The van der Waals surface area contributed by atoms with E-state index in [-0.39, 0.29) is 36.3 Å². The fourth-order valence-corrected chi connectivity index (χ4v) is 4.17. The lowest BCUT2D eigenvalue weighted by molar-refractivity contribution is -0.116. The maximum Gasteiger partial charge on any atom is 0.330 e. The number of carbonyl (C=O) groups is 1. The normalized spacial score (nSPS) is 11.0. The minimum Gasteiger partial charge on any atom is -0.383 e. The van der Waals surface area contributed by atoms with Crippen LogP contribution in [0.4, 0.5) is 11.5 Å². The number of aromatic nitrogens is 2. The Hall–Kier alpha value is -3.26. The molecule has 0 radical (unpaired) electrons. The third kappa shape index (κ3) is 5.31. The molecule has 0 unspecified atom stereocenters. The molecule has 168 valence electrons. The third-order valence-corrected chi connectivity index (χ3v) is 6.19. The first-order chi connectivity index (χ1) is 15.3. The Kier molecular flexibility index (Phi) is 7.58. The van der Waals surface area contributed by atoms with E-state index < -0.39 is 11.2 Å². The van der Waals surface area contributed by atoms with Gasteiger partial charge in [0.05, 0.1) is 12.3 Å². The molecular weight excluding hydrogens is 424 g/mol. The maximum atomic E-state index is 13.0. The van der Waals surface area contributed by atoms with Crippen LogP contribution >= 0.6 is 11.8 Å². The number of rotatable bonds is 8. The largest absolute Gasteiger partial charge is 0.383 e. The van der Waals surface area contributed by atoms with Crippen LogP contribution in [-0.4, -0.2) is 27.8 Å². The summed E-state index contributed by atoms with van der Waals surface area (Å²) in [6, 6.07) is 17.4. The summed E-state index contributed by atoms with van der Waals surface area (Å²) in [7, 11) is 0. The quantitative estimate of drug-likeness (QED) is 0.510. The van der Waals surface area contributed by atoms with Crippen molar-refractivity contribution in [2.45, 2.75) is 38.1 Å². The summed E-state index contributed by atoms with van der Waals surface area (Å²) >= 11 is 1.40. The molecule has 0 atom stereocenters. The van der Waals surface area contributed by atoms with Gasteiger partial charge in [-0.15, -0.1) is 11.8 Å². The molecular formula is C24H28N4O3S. The van der Waals surface area contributed by atoms with E-state index in [1.54, 1.807) is 6.92 Å². The van der Waals surface area contributed by atoms with Crippen LogP contribution in [0.3, 0.4) is 0 Å². The lowest BCUT2D eigenvalue weighted by atomic mass is 10.0. The smallest absolute Gasteiger partial charge is 0.330 e. The number of benzene rings is 2. The van der Waals surface area contributed by atoms with Gasteiger partial charge in [0, 0.05) is 11.4 Å². The molecule has 0 fully saturated rings. The van der Waals surface area contributed by atoms with Crippen LogP contribution < -0.4 is 21.9 Å². The summed E-state index contributed by atoms with van der Waals surface area (Å²) in [4.78, 5) is 42.6. The van der Waals surface area contributed by atoms with Gasteiger partial charge in [-0.05, 0) is 36.1 Å². The number of nitrogens with one attached hydrogen (secondary N) is 1. The van der Waals surface area contributed by atoms with Gasteiger partial charge in [-0.3, -0.25) is 19.1 Å². The van der Waals surface area contributed by atoms with Crippen molar-refractivity contribution in [3.05, 3.63) is 86.6 Å². The molecule has 2 aromatic carbocycles. The molecule has 0 aliphatic carbocycles. The van der Waals surface area contributed by atoms with E-state index in [1.165, 1.54) is 26.8 Å². The Balaban J connectivity index is 1.84. The molecule has 0 aliphatic heterocycles. The van der Waals surface area contributed by atoms with Gasteiger partial charge in [-0.25, -0.2) is 4.79 Å². The highest BCUT2D eigenvalue weighted by Crippen LogP contribution is 2.24. The molecule has 1 heterocycles. The minimum absolute atomic E-state index is 0.00351. The van der Waals surface area contributed by atoms with Crippen molar-refractivity contribution in [3.8, 4) is 0 Å². The van der Waals surface area contributed by atoms with Crippen LogP contribution in [0.5, 0.6) is 0 Å². The monoisotopic (exact) mass is 452 g/mol. The first-order valence-electron chi connectivity index (χ1n) is 10.5. The highest BCUT2D eigenvalue weighted by Gasteiger charge is 2.23. The molecule has 0 spiro atoms. The fraction of sp³-hybridized carbons (Fsp3) is 0.292. The molecule has 0 saturated carbocycles. The van der Waals surface area contributed by atoms with Crippen LogP contribution in [-0.2, 0) is 11.3 Å². The summed E-state index contributed by atoms with van der Waals surface area (Å²) in [5.74, 6) is 0.301. The Labute approximate surface area is 191 Å². The van der Waals surface area contributed by atoms with Crippen molar-refractivity contribution in [2.24, 2.45) is 0 Å². The van der Waals surface area contributed by atoms with Crippen molar-refractivity contribution in [1.29, 1.82) is 0 Å². The van der Waals surface area contributed by atoms with E-state index >= 15 is 0 Å². The fourth-order valence-electron chi connectivity index (χ4n) is 3.39. The van der Waals surface area contributed by atoms with Crippen molar-refractivity contribution < 1.29 is 4.79 Å². The summed E-state index contributed by atoms with van der Waals surface area (Å²) in [5.41, 5.74) is 7.06. The van der Waals surface area contributed by atoms with Crippen molar-refractivity contribution >= 4 is 29.2 Å². The number of carbonyl (C=O) groups excluding carboxylic acids is 1. The van der Waals surface area contributed by atoms with Gasteiger partial charge in [0.25, 0.3) is 5.56 Å². The Morgan fingerprint density at radius 1 is 1.09 bits per heavy atom. The van der Waals surface area contributed by atoms with Gasteiger partial charge >= 0.3 is 5.69 Å². The second-order valence-electron chi connectivity index (χ2n) is 7.72. The number of hydrogen-bond acceptors (Lipinski definition) is 5. The number of aromatic amines is 1. The van der Waals surface area contributed by atoms with E-state index in [9.17, 15) is 14.4 Å². The Morgan fingerprint density at radius 2 is 1.75 bits per heavy atom. The summed E-state index contributed by atoms with van der Waals surface area (Å²) in [6.07, 6.45) is 0. The molecule has 1 amide bonds. The predicted molar refractivity (Wildman–Crippen MR) is 131 cm³/mol. The topological polar surface area (TPSA) is 101 Å². The van der Waals surface area contributed by atoms with E-state index in [0.717, 1.165) is 10.5 Å². The zero-order valence-corrected chi connectivity index (χ0v) is 19.3. The molecule has 0 bridgehead atoms. The van der Waals surface area contributed by atoms with Crippen molar-refractivity contribution in [2.75, 3.05) is 22.9 Å². The second-order valence-corrected chi connectivity index (χ2v) is 8.76. The highest BCUT2D eigenvalue weighted by atomic mass is 32.2. The molecule has 0 aliphatic rings. The van der Waals surface area contributed by atoms with Gasteiger partial charge < -0.3 is 10.6 Å². The number of nitrogens with two attached hydrogens (primary N) is 1. The summed E-state index contributed by atoms with van der Waals surface area (Å²) < 4.78 is 1.28. The summed E-state index contributed by atoms with van der Waals surface area (Å²) in [5, 5.41) is 0. The van der Waals surface area contributed by atoms with Gasteiger partial charge in [0.2, 0.25) is 5.91 Å². The molecule has 3 rings (SSSR count). The standard InChI is InChI=1S/C24H28N4O3S/c1-4-27(20(29)15-32-19-12-10-18(11-13-19)16(2)3)21-22(25)28(24(31)26-23(21)30)14-17-8-6-5-7-9-17/h5-13,16H,4,14-15,25H2,1-3H3,(H,26,30,31). The minimum atomic E-state index is -0.668. The molecule has 3 N–H and O–H groups in total. The zero-order valence-electron chi connectivity index (χ0n) is 18.5. The van der Waals surface area contributed by atoms with Crippen LogP contribution in [0.1, 0.15) is 37.8 Å². The van der Waals surface area contributed by atoms with E-state index in [4.69, 9.17) is 5.73 Å². The molecule has 3 aromatic rings. The van der Waals surface area contributed by atoms with Gasteiger partial charge in [-0.2, -0.15) is 0 Å². The Morgan fingerprint density at radius 3 is 2.34 bits per heavy atom. The number of amides is 1. The molecule has 8 heteroatoms. The van der Waals surface area contributed by atoms with Crippen molar-refractivity contribution in [3.63, 3.8) is 0 Å². The summed E-state index contributed by atoms with van der Waals surface area (Å²) in [6.45, 7) is 6.47. The third-order valence-electron chi connectivity index (χ3n) is 5.19. The van der Waals surface area contributed by atoms with E-state index in [2.05, 4.69) is 31.0 Å². The van der Waals surface area contributed by atoms with Gasteiger partial charge in [0.1, 0.15) is 5.82 Å². The molecule has 32 heavy (non-hydrogen) atoms. The van der Waals surface area contributed by atoms with Gasteiger partial charge in [-0.1, -0.05) is 56.3 Å². The maximum absolute atomic E-state index is 13.0. The number of nitrogen functional groups attached to an aromatic ring is 1. The first-order valence-corrected chi connectivity index (χ1v) is 11.5. The van der Waals surface area contributed by atoms with Crippen LogP contribution in [0.15, 0.2) is 69.1 Å². The highest BCUT2D eigenvalue weighted by molar-refractivity contribution is 8.00. The molecule has 7 nitrogen and oxygen atoms in total. The second kappa shape index (κ2) is 10.4. The first kappa shape index (κ1) is 23.4. The van der Waals surface area contributed by atoms with Crippen LogP contribution in [0.25, 0.3) is 0 Å². The number of anilines is 2. The predicted octanol–water partition coefficient (Wildman–Crippen LogP) is 3.44. The lowest BCUT2D eigenvalue weighted by Crippen LogP contribution is -2.41. The number of hydrogen-bond donors (Lipinski definition) is 2. The number of nitrogens with zero attached hydrogens (tertiary/aromatic N) is 2. The SMILES string of the molecule is CCN(C(=O)CSc1ccc(C(C)C)cc1)c1c(N)n(Cc2ccccc2)c(=O)[nH]c1=O. The number of H-pyrrole nitrogens is 1. The average molecular weight is 453 g/mol. The lowest BCUT2D eigenvalue weighted by Gasteiger charge is -2.23. The molecule has 1 aromatic heterocycles. The van der Waals surface area contributed by atoms with Crippen LogP contribution in [0, 0.1) is 0 Å². The van der Waals surface area contributed by atoms with E-state index in [1.807, 2.05) is 42.5 Å². The van der Waals surface area contributed by atoms with Gasteiger partial charge in [0.15, 0.2) is 5.69 Å². The van der Waals surface area contributed by atoms with E-state index in [0.29, 0.717) is 5.92 Å². The molecule has 0 saturated heterocycles. The number of thioether (sulfide) groups is 1.